The molecule has 0 spiro atoms. The van der Waals surface area contributed by atoms with Gasteiger partial charge in [-0.1, -0.05) is 25.5 Å². The molecular formula is C9H18O2. The molecule has 0 atom stereocenters. The highest BCUT2D eigenvalue weighted by Crippen LogP contribution is 2.11. The van der Waals surface area contributed by atoms with Gasteiger partial charge in [-0.05, 0) is 6.42 Å². The molecule has 0 aliphatic heterocycles. The third-order valence-electron chi connectivity index (χ3n) is 1.58. The first-order valence-corrected chi connectivity index (χ1v) is 3.96. The fraction of sp³-hybridized carbons (Fsp3) is 0.778. The second-order valence-electron chi connectivity index (χ2n) is 2.61. The highest BCUT2D eigenvalue weighted by atomic mass is 16.7. The second kappa shape index (κ2) is 6.38. The average molecular weight is 158 g/mol. The molecule has 0 unspecified atom stereocenters. The minimum Gasteiger partial charge on any atom is -0.356 e. The van der Waals surface area contributed by atoms with Crippen LogP contribution in [0.3, 0.4) is 0 Å². The molecule has 0 fully saturated rings. The van der Waals surface area contributed by atoms with Gasteiger partial charge in [0.1, 0.15) is 0 Å². The Morgan fingerprint density at radius 1 is 1.36 bits per heavy atom. The van der Waals surface area contributed by atoms with E-state index in [1.165, 1.54) is 5.57 Å². The van der Waals surface area contributed by atoms with Crippen molar-refractivity contribution in [3.05, 3.63) is 12.2 Å². The predicted octanol–water partition coefficient (Wildman–Crippen LogP) is 2.35. The van der Waals surface area contributed by atoms with E-state index >= 15 is 0 Å². The Morgan fingerprint density at radius 2 is 1.91 bits per heavy atom. The van der Waals surface area contributed by atoms with Crippen LogP contribution >= 0.6 is 0 Å². The largest absolute Gasteiger partial charge is 0.356 e. The van der Waals surface area contributed by atoms with Gasteiger partial charge in [-0.15, -0.1) is 0 Å². The summed E-state index contributed by atoms with van der Waals surface area (Å²) in [7, 11) is 3.29. The van der Waals surface area contributed by atoms with E-state index in [-0.39, 0.29) is 6.29 Å². The summed E-state index contributed by atoms with van der Waals surface area (Å²) in [6, 6.07) is 0. The average Bonchev–Trinajstić information content (AvgIpc) is 2.01. The van der Waals surface area contributed by atoms with Crippen LogP contribution in [0.1, 0.15) is 26.2 Å². The van der Waals surface area contributed by atoms with Crippen molar-refractivity contribution in [1.29, 1.82) is 0 Å². The zero-order valence-electron chi connectivity index (χ0n) is 7.72. The molecule has 0 rings (SSSR count). The van der Waals surface area contributed by atoms with Crippen molar-refractivity contribution >= 4 is 0 Å². The van der Waals surface area contributed by atoms with Crippen molar-refractivity contribution in [3.63, 3.8) is 0 Å². The summed E-state index contributed by atoms with van der Waals surface area (Å²) in [4.78, 5) is 0. The number of hydrogen-bond acceptors (Lipinski definition) is 2. The van der Waals surface area contributed by atoms with E-state index in [2.05, 4.69) is 13.5 Å². The molecule has 0 heterocycles. The maximum atomic E-state index is 5.03. The summed E-state index contributed by atoms with van der Waals surface area (Å²) in [5.74, 6) is 0. The fourth-order valence-corrected chi connectivity index (χ4v) is 0.954. The maximum Gasteiger partial charge on any atom is 0.160 e. The van der Waals surface area contributed by atoms with Crippen LogP contribution in [0.5, 0.6) is 0 Å². The van der Waals surface area contributed by atoms with Gasteiger partial charge in [-0.25, -0.2) is 0 Å². The maximum absolute atomic E-state index is 5.03. The molecule has 0 aliphatic rings. The summed E-state index contributed by atoms with van der Waals surface area (Å²) in [6.07, 6.45) is 2.89. The van der Waals surface area contributed by atoms with E-state index in [1.54, 1.807) is 14.2 Å². The van der Waals surface area contributed by atoms with Crippen molar-refractivity contribution < 1.29 is 9.47 Å². The van der Waals surface area contributed by atoms with E-state index < -0.39 is 0 Å². The lowest BCUT2D eigenvalue weighted by Crippen LogP contribution is -2.13. The predicted molar refractivity (Wildman–Crippen MR) is 46.5 cm³/mol. The monoisotopic (exact) mass is 158 g/mol. The first-order chi connectivity index (χ1) is 5.24. The van der Waals surface area contributed by atoms with Crippen LogP contribution < -0.4 is 0 Å². The smallest absolute Gasteiger partial charge is 0.160 e. The van der Waals surface area contributed by atoms with Gasteiger partial charge in [0.25, 0.3) is 0 Å². The standard InChI is InChI=1S/C9H18O2/c1-5-6-8(2)7-9(10-3)11-4/h9H,2,5-7H2,1,3-4H3. The second-order valence-corrected chi connectivity index (χ2v) is 2.61. The molecule has 0 aromatic rings. The van der Waals surface area contributed by atoms with Crippen molar-refractivity contribution in [2.75, 3.05) is 14.2 Å². The first-order valence-electron chi connectivity index (χ1n) is 3.96. The van der Waals surface area contributed by atoms with Crippen LogP contribution in [0, 0.1) is 0 Å². The quantitative estimate of drug-likeness (QED) is 0.436. The summed E-state index contributed by atoms with van der Waals surface area (Å²) in [5, 5.41) is 0. The summed E-state index contributed by atoms with van der Waals surface area (Å²) in [6.45, 7) is 6.06. The normalized spacial score (nSPS) is 10.5. The van der Waals surface area contributed by atoms with Crippen molar-refractivity contribution in [3.8, 4) is 0 Å². The van der Waals surface area contributed by atoms with E-state index in [4.69, 9.17) is 9.47 Å². The minimum absolute atomic E-state index is 0.117. The summed E-state index contributed by atoms with van der Waals surface area (Å²) < 4.78 is 10.1. The number of methoxy groups -OCH3 is 2. The van der Waals surface area contributed by atoms with Crippen LogP contribution in [0.25, 0.3) is 0 Å². The summed E-state index contributed by atoms with van der Waals surface area (Å²) >= 11 is 0. The fourth-order valence-electron chi connectivity index (χ4n) is 0.954. The molecule has 0 saturated heterocycles. The van der Waals surface area contributed by atoms with Gasteiger partial charge in [0.2, 0.25) is 0 Å². The zero-order chi connectivity index (χ0) is 8.69. The van der Waals surface area contributed by atoms with Crippen LogP contribution in [0.2, 0.25) is 0 Å². The van der Waals surface area contributed by atoms with Gasteiger partial charge >= 0.3 is 0 Å². The Kier molecular flexibility index (Phi) is 6.18. The van der Waals surface area contributed by atoms with Crippen LogP contribution in [-0.2, 0) is 9.47 Å². The third kappa shape index (κ3) is 4.99. The molecule has 11 heavy (non-hydrogen) atoms. The molecule has 0 N–H and O–H groups in total. The SMILES string of the molecule is C=C(CCC)CC(OC)OC. The lowest BCUT2D eigenvalue weighted by molar-refractivity contribution is -0.100. The Bertz CT molecular complexity index is 106. The van der Waals surface area contributed by atoms with Crippen molar-refractivity contribution in [2.45, 2.75) is 32.5 Å². The third-order valence-corrected chi connectivity index (χ3v) is 1.58. The Morgan fingerprint density at radius 3 is 2.27 bits per heavy atom. The molecule has 0 aromatic carbocycles. The van der Waals surface area contributed by atoms with E-state index in [1.807, 2.05) is 0 Å². The van der Waals surface area contributed by atoms with Gasteiger partial charge in [-0.2, -0.15) is 0 Å². The van der Waals surface area contributed by atoms with Crippen molar-refractivity contribution in [1.82, 2.24) is 0 Å². The lowest BCUT2D eigenvalue weighted by Gasteiger charge is -2.13. The first kappa shape index (κ1) is 10.7. The Balaban J connectivity index is 3.54. The molecule has 0 aliphatic carbocycles. The topological polar surface area (TPSA) is 18.5 Å². The van der Waals surface area contributed by atoms with Crippen molar-refractivity contribution in [2.24, 2.45) is 0 Å². The minimum atomic E-state index is -0.117. The lowest BCUT2D eigenvalue weighted by atomic mass is 10.1. The van der Waals surface area contributed by atoms with Gasteiger partial charge in [0.05, 0.1) is 0 Å². The Hall–Kier alpha value is -0.340. The number of hydrogen-bond donors (Lipinski definition) is 0. The number of rotatable bonds is 6. The van der Waals surface area contributed by atoms with Gasteiger partial charge in [0, 0.05) is 20.6 Å². The molecule has 0 bridgehead atoms. The Labute approximate surface area is 69.2 Å². The van der Waals surface area contributed by atoms with E-state index in [0.29, 0.717) is 0 Å². The van der Waals surface area contributed by atoms with E-state index in [9.17, 15) is 0 Å². The molecule has 66 valence electrons. The summed E-state index contributed by atoms with van der Waals surface area (Å²) in [5.41, 5.74) is 1.20. The molecule has 0 amide bonds. The molecule has 0 radical (unpaired) electrons. The van der Waals surface area contributed by atoms with Crippen LogP contribution in [-0.4, -0.2) is 20.5 Å². The highest BCUT2D eigenvalue weighted by molar-refractivity contribution is 4.94. The van der Waals surface area contributed by atoms with Gasteiger partial charge in [0.15, 0.2) is 6.29 Å². The molecule has 2 nitrogen and oxygen atoms in total. The van der Waals surface area contributed by atoms with E-state index in [0.717, 1.165) is 19.3 Å². The highest BCUT2D eigenvalue weighted by Gasteiger charge is 2.05. The molecule has 0 aromatic heterocycles. The van der Waals surface area contributed by atoms with Crippen LogP contribution in [0.15, 0.2) is 12.2 Å². The number of ether oxygens (including phenoxy) is 2. The molecule has 2 heteroatoms. The molecule has 0 saturated carbocycles. The van der Waals surface area contributed by atoms with Gasteiger partial charge < -0.3 is 9.47 Å². The zero-order valence-corrected chi connectivity index (χ0v) is 7.72. The molecular weight excluding hydrogens is 140 g/mol. The van der Waals surface area contributed by atoms with Crippen LogP contribution in [0.4, 0.5) is 0 Å². The van der Waals surface area contributed by atoms with Gasteiger partial charge in [-0.3, -0.25) is 0 Å².